The van der Waals surface area contributed by atoms with Crippen molar-refractivity contribution in [3.63, 3.8) is 0 Å². The van der Waals surface area contributed by atoms with Crippen molar-refractivity contribution in [2.75, 3.05) is 6.61 Å². The first-order chi connectivity index (χ1) is 9.95. The molecule has 110 valence electrons. The number of halogens is 4. The fourth-order valence-electron chi connectivity index (χ4n) is 1.81. The molecule has 0 aliphatic carbocycles. The first-order valence-electron chi connectivity index (χ1n) is 6.06. The summed E-state index contributed by atoms with van der Waals surface area (Å²) >= 11 is 3.20. The van der Waals surface area contributed by atoms with Gasteiger partial charge in [0.05, 0.1) is 17.7 Å². The molecule has 2 nitrogen and oxygen atoms in total. The number of rotatable bonds is 4. The highest BCUT2D eigenvalue weighted by Crippen LogP contribution is 2.27. The van der Waals surface area contributed by atoms with E-state index in [0.717, 1.165) is 6.07 Å². The highest BCUT2D eigenvalue weighted by Gasteiger charge is 2.22. The lowest BCUT2D eigenvalue weighted by molar-refractivity contribution is 0.103. The van der Waals surface area contributed by atoms with Gasteiger partial charge < -0.3 is 4.74 Å². The van der Waals surface area contributed by atoms with E-state index in [1.807, 2.05) is 0 Å². The Hall–Kier alpha value is -1.82. The topological polar surface area (TPSA) is 26.3 Å². The molecule has 0 unspecified atom stereocenters. The summed E-state index contributed by atoms with van der Waals surface area (Å²) in [5.74, 6) is -5.06. The van der Waals surface area contributed by atoms with E-state index in [0.29, 0.717) is 17.1 Å². The average Bonchev–Trinajstić information content (AvgIpc) is 2.46. The molecule has 6 heteroatoms. The van der Waals surface area contributed by atoms with Gasteiger partial charge in [0.15, 0.2) is 23.2 Å². The minimum absolute atomic E-state index is 0.0659. The zero-order chi connectivity index (χ0) is 15.6. The maximum absolute atomic E-state index is 13.7. The molecule has 0 aliphatic heterocycles. The van der Waals surface area contributed by atoms with Gasteiger partial charge in [-0.15, -0.1) is 0 Å². The highest BCUT2D eigenvalue weighted by atomic mass is 79.9. The van der Waals surface area contributed by atoms with E-state index in [4.69, 9.17) is 4.74 Å². The standard InChI is InChI=1S/C15H10BrF3O2/c1-2-21-12-6-3-8(16)7-10(12)15(20)9-4-5-11(17)14(19)13(9)18/h3-7H,2H2,1H3. The number of benzene rings is 2. The van der Waals surface area contributed by atoms with E-state index in [9.17, 15) is 18.0 Å². The zero-order valence-electron chi connectivity index (χ0n) is 10.9. The fraction of sp³-hybridized carbons (Fsp3) is 0.133. The van der Waals surface area contributed by atoms with Gasteiger partial charge >= 0.3 is 0 Å². The molecule has 2 aromatic carbocycles. The molecule has 0 aliphatic rings. The van der Waals surface area contributed by atoms with Crippen LogP contribution in [0, 0.1) is 17.5 Å². The molecule has 0 radical (unpaired) electrons. The summed E-state index contributed by atoms with van der Waals surface area (Å²) < 4.78 is 45.8. The second-order valence-corrected chi connectivity index (χ2v) is 5.04. The van der Waals surface area contributed by atoms with E-state index >= 15 is 0 Å². The maximum Gasteiger partial charge on any atom is 0.199 e. The minimum Gasteiger partial charge on any atom is -0.493 e. The number of hydrogen-bond acceptors (Lipinski definition) is 2. The second-order valence-electron chi connectivity index (χ2n) is 4.13. The molecular weight excluding hydrogens is 349 g/mol. The molecule has 0 saturated carbocycles. The third-order valence-electron chi connectivity index (χ3n) is 2.77. The monoisotopic (exact) mass is 358 g/mol. The molecule has 0 saturated heterocycles. The molecule has 2 aromatic rings. The third-order valence-corrected chi connectivity index (χ3v) is 3.26. The summed E-state index contributed by atoms with van der Waals surface area (Å²) in [6.45, 7) is 2.04. The van der Waals surface area contributed by atoms with Crippen LogP contribution in [0.2, 0.25) is 0 Å². The predicted molar refractivity (Wildman–Crippen MR) is 75.1 cm³/mol. The van der Waals surface area contributed by atoms with Gasteiger partial charge in [-0.25, -0.2) is 13.2 Å². The Balaban J connectivity index is 2.54. The van der Waals surface area contributed by atoms with Crippen LogP contribution in [0.15, 0.2) is 34.8 Å². The van der Waals surface area contributed by atoms with Crippen molar-refractivity contribution in [3.8, 4) is 5.75 Å². The molecule has 0 spiro atoms. The maximum atomic E-state index is 13.7. The van der Waals surface area contributed by atoms with Gasteiger partial charge in [0.25, 0.3) is 0 Å². The van der Waals surface area contributed by atoms with Gasteiger partial charge in [0.2, 0.25) is 0 Å². The molecule has 0 N–H and O–H groups in total. The van der Waals surface area contributed by atoms with E-state index in [-0.39, 0.29) is 11.3 Å². The largest absolute Gasteiger partial charge is 0.493 e. The number of ketones is 1. The lowest BCUT2D eigenvalue weighted by Crippen LogP contribution is -2.09. The Morgan fingerprint density at radius 2 is 1.81 bits per heavy atom. The average molecular weight is 359 g/mol. The van der Waals surface area contributed by atoms with Crippen molar-refractivity contribution in [3.05, 3.63) is 63.4 Å². The van der Waals surface area contributed by atoms with Crippen molar-refractivity contribution in [2.24, 2.45) is 0 Å². The van der Waals surface area contributed by atoms with Crippen molar-refractivity contribution in [1.82, 2.24) is 0 Å². The Kier molecular flexibility index (Phi) is 4.67. The normalized spacial score (nSPS) is 10.5. The lowest BCUT2D eigenvalue weighted by atomic mass is 10.0. The van der Waals surface area contributed by atoms with Crippen LogP contribution in [-0.4, -0.2) is 12.4 Å². The Labute approximate surface area is 127 Å². The third kappa shape index (κ3) is 3.10. The number of carbonyl (C=O) groups is 1. The van der Waals surface area contributed by atoms with Crippen molar-refractivity contribution in [2.45, 2.75) is 6.92 Å². The van der Waals surface area contributed by atoms with Crippen molar-refractivity contribution < 1.29 is 22.7 Å². The molecule has 0 atom stereocenters. The van der Waals surface area contributed by atoms with Gasteiger partial charge in [0.1, 0.15) is 5.75 Å². The zero-order valence-corrected chi connectivity index (χ0v) is 12.5. The second kappa shape index (κ2) is 6.30. The van der Waals surface area contributed by atoms with Crippen LogP contribution < -0.4 is 4.74 Å². The van der Waals surface area contributed by atoms with Crippen LogP contribution in [0.4, 0.5) is 13.2 Å². The lowest BCUT2D eigenvalue weighted by Gasteiger charge is -2.10. The molecule has 0 bridgehead atoms. The Bertz CT molecular complexity index is 702. The van der Waals surface area contributed by atoms with Gasteiger partial charge in [0, 0.05) is 4.47 Å². The quantitative estimate of drug-likeness (QED) is 0.594. The number of hydrogen-bond donors (Lipinski definition) is 0. The molecule has 2 rings (SSSR count). The molecule has 21 heavy (non-hydrogen) atoms. The summed E-state index contributed by atoms with van der Waals surface area (Å²) in [7, 11) is 0. The fourth-order valence-corrected chi connectivity index (χ4v) is 2.17. The Morgan fingerprint density at radius 3 is 2.48 bits per heavy atom. The summed E-state index contributed by atoms with van der Waals surface area (Å²) in [6, 6.07) is 6.26. The van der Waals surface area contributed by atoms with Crippen molar-refractivity contribution in [1.29, 1.82) is 0 Å². The number of ether oxygens (including phenoxy) is 1. The minimum atomic E-state index is -1.67. The van der Waals surface area contributed by atoms with Crippen LogP contribution in [0.25, 0.3) is 0 Å². The smallest absolute Gasteiger partial charge is 0.199 e. The van der Waals surface area contributed by atoms with Gasteiger partial charge in [-0.1, -0.05) is 15.9 Å². The highest BCUT2D eigenvalue weighted by molar-refractivity contribution is 9.10. The van der Waals surface area contributed by atoms with E-state index in [1.165, 1.54) is 6.07 Å². The molecule has 0 heterocycles. The van der Waals surface area contributed by atoms with Gasteiger partial charge in [-0.3, -0.25) is 4.79 Å². The molecule has 0 aromatic heterocycles. The van der Waals surface area contributed by atoms with Crippen LogP contribution in [-0.2, 0) is 0 Å². The first-order valence-corrected chi connectivity index (χ1v) is 6.85. The van der Waals surface area contributed by atoms with Crippen LogP contribution in [0.1, 0.15) is 22.8 Å². The number of carbonyl (C=O) groups excluding carboxylic acids is 1. The summed E-state index contributed by atoms with van der Waals surface area (Å²) in [4.78, 5) is 12.3. The van der Waals surface area contributed by atoms with Gasteiger partial charge in [-0.2, -0.15) is 0 Å². The van der Waals surface area contributed by atoms with E-state index in [1.54, 1.807) is 19.1 Å². The van der Waals surface area contributed by atoms with Gasteiger partial charge in [-0.05, 0) is 37.3 Å². The van der Waals surface area contributed by atoms with Crippen LogP contribution in [0.3, 0.4) is 0 Å². The molecule has 0 amide bonds. The predicted octanol–water partition coefficient (Wildman–Crippen LogP) is 4.50. The van der Waals surface area contributed by atoms with E-state index < -0.39 is 28.8 Å². The Morgan fingerprint density at radius 1 is 1.10 bits per heavy atom. The van der Waals surface area contributed by atoms with Crippen LogP contribution in [0.5, 0.6) is 5.75 Å². The summed E-state index contributed by atoms with van der Waals surface area (Å²) in [5, 5.41) is 0. The van der Waals surface area contributed by atoms with Crippen molar-refractivity contribution >= 4 is 21.7 Å². The first kappa shape index (κ1) is 15.6. The van der Waals surface area contributed by atoms with Crippen LogP contribution >= 0.6 is 15.9 Å². The summed E-state index contributed by atoms with van der Waals surface area (Å²) in [6.07, 6.45) is 0. The van der Waals surface area contributed by atoms with E-state index in [2.05, 4.69) is 15.9 Å². The SMILES string of the molecule is CCOc1ccc(Br)cc1C(=O)c1ccc(F)c(F)c1F. The molecular formula is C15H10BrF3O2. The molecule has 0 fully saturated rings. The summed E-state index contributed by atoms with van der Waals surface area (Å²) in [5.41, 5.74) is -0.482.